The highest BCUT2D eigenvalue weighted by molar-refractivity contribution is 5.91. The van der Waals surface area contributed by atoms with Crippen LogP contribution in [0.25, 0.3) is 0 Å². The summed E-state index contributed by atoms with van der Waals surface area (Å²) in [6.45, 7) is 4.04. The zero-order valence-corrected chi connectivity index (χ0v) is 16.0. The Morgan fingerprint density at radius 2 is 2.11 bits per heavy atom. The Hall–Kier alpha value is -2.50. The number of fused-ring (bicyclic) bond motifs is 1. The maximum Gasteiger partial charge on any atom is 0.263 e. The molecule has 144 valence electrons. The number of aromatic nitrogens is 2. The highest BCUT2D eigenvalue weighted by Gasteiger charge is 2.32. The Labute approximate surface area is 159 Å². The number of benzene rings is 1. The SMILES string of the molecule is CC1(C)Cc2cccc(OCC(=O)Nc3ccnn3C3CCCCC3)c2O1. The summed E-state index contributed by atoms with van der Waals surface area (Å²) in [4.78, 5) is 12.4. The zero-order valence-electron chi connectivity index (χ0n) is 16.0. The first-order valence-corrected chi connectivity index (χ1v) is 9.79. The monoisotopic (exact) mass is 369 g/mol. The Kier molecular flexibility index (Phi) is 4.81. The van der Waals surface area contributed by atoms with E-state index in [1.165, 1.54) is 19.3 Å². The lowest BCUT2D eigenvalue weighted by molar-refractivity contribution is -0.118. The van der Waals surface area contributed by atoms with Crippen molar-refractivity contribution in [2.45, 2.75) is 64.0 Å². The molecule has 2 aromatic rings. The molecule has 1 amide bonds. The van der Waals surface area contributed by atoms with E-state index in [-0.39, 0.29) is 18.1 Å². The van der Waals surface area contributed by atoms with Crippen molar-refractivity contribution in [2.75, 3.05) is 11.9 Å². The van der Waals surface area contributed by atoms with Gasteiger partial charge in [0, 0.05) is 18.1 Å². The van der Waals surface area contributed by atoms with E-state index in [1.54, 1.807) is 6.20 Å². The molecule has 0 saturated heterocycles. The number of nitrogens with zero attached hydrogens (tertiary/aromatic N) is 2. The van der Waals surface area contributed by atoms with E-state index >= 15 is 0 Å². The average Bonchev–Trinajstić information content (AvgIpc) is 3.23. The number of rotatable bonds is 5. The molecule has 1 fully saturated rings. The Bertz CT molecular complexity index is 822. The molecule has 1 aromatic carbocycles. The topological polar surface area (TPSA) is 65.4 Å². The second-order valence-electron chi connectivity index (χ2n) is 8.07. The van der Waals surface area contributed by atoms with Crippen molar-refractivity contribution < 1.29 is 14.3 Å². The Morgan fingerprint density at radius 3 is 2.93 bits per heavy atom. The molecule has 1 aromatic heterocycles. The molecular weight excluding hydrogens is 342 g/mol. The van der Waals surface area contributed by atoms with Gasteiger partial charge < -0.3 is 14.8 Å². The molecule has 2 aliphatic rings. The van der Waals surface area contributed by atoms with Gasteiger partial charge in [-0.05, 0) is 32.8 Å². The number of nitrogens with one attached hydrogen (secondary N) is 1. The normalized spacial score (nSPS) is 18.6. The van der Waals surface area contributed by atoms with Crippen molar-refractivity contribution in [3.63, 3.8) is 0 Å². The van der Waals surface area contributed by atoms with Crippen LogP contribution >= 0.6 is 0 Å². The molecule has 6 nitrogen and oxygen atoms in total. The minimum Gasteiger partial charge on any atom is -0.483 e. The van der Waals surface area contributed by atoms with Crippen LogP contribution in [0.15, 0.2) is 30.5 Å². The standard InChI is InChI=1S/C21H27N3O3/c1-21(2)13-15-7-6-10-17(20(15)27-21)26-14-19(25)23-18-11-12-22-24(18)16-8-4-3-5-9-16/h6-7,10-12,16H,3-5,8-9,13-14H2,1-2H3,(H,23,25). The van der Waals surface area contributed by atoms with E-state index < -0.39 is 0 Å². The second kappa shape index (κ2) is 7.25. The van der Waals surface area contributed by atoms with Crippen molar-refractivity contribution >= 4 is 11.7 Å². The summed E-state index contributed by atoms with van der Waals surface area (Å²) in [5, 5.41) is 7.35. The zero-order chi connectivity index (χ0) is 18.9. The number of anilines is 1. The minimum absolute atomic E-state index is 0.0594. The van der Waals surface area contributed by atoms with Crippen molar-refractivity contribution in [2.24, 2.45) is 0 Å². The number of hydrogen-bond acceptors (Lipinski definition) is 4. The van der Waals surface area contributed by atoms with Crippen molar-refractivity contribution in [3.8, 4) is 11.5 Å². The highest BCUT2D eigenvalue weighted by Crippen LogP contribution is 2.41. The van der Waals surface area contributed by atoms with Gasteiger partial charge in [-0.2, -0.15) is 5.10 Å². The molecule has 1 aliphatic carbocycles. The molecule has 0 radical (unpaired) electrons. The van der Waals surface area contributed by atoms with Gasteiger partial charge in [0.05, 0.1) is 12.2 Å². The van der Waals surface area contributed by atoms with Gasteiger partial charge in [-0.3, -0.25) is 4.79 Å². The summed E-state index contributed by atoms with van der Waals surface area (Å²) in [6, 6.07) is 8.05. The third-order valence-corrected chi connectivity index (χ3v) is 5.27. The third kappa shape index (κ3) is 3.94. The molecule has 1 saturated carbocycles. The number of ether oxygens (including phenoxy) is 2. The van der Waals surface area contributed by atoms with Crippen LogP contribution in [-0.2, 0) is 11.2 Å². The number of hydrogen-bond donors (Lipinski definition) is 1. The summed E-state index contributed by atoms with van der Waals surface area (Å²) in [5.41, 5.74) is 0.879. The van der Waals surface area contributed by atoms with Crippen LogP contribution < -0.4 is 14.8 Å². The van der Waals surface area contributed by atoms with Gasteiger partial charge in [0.15, 0.2) is 18.1 Å². The fourth-order valence-corrected chi connectivity index (χ4v) is 4.05. The van der Waals surface area contributed by atoms with Gasteiger partial charge in [-0.1, -0.05) is 31.4 Å². The molecule has 1 N–H and O–H groups in total. The maximum absolute atomic E-state index is 12.4. The second-order valence-corrected chi connectivity index (χ2v) is 8.07. The van der Waals surface area contributed by atoms with Gasteiger partial charge in [-0.15, -0.1) is 0 Å². The molecule has 0 atom stereocenters. The quantitative estimate of drug-likeness (QED) is 0.861. The fraction of sp³-hybridized carbons (Fsp3) is 0.524. The first-order valence-electron chi connectivity index (χ1n) is 9.79. The molecule has 2 heterocycles. The lowest BCUT2D eigenvalue weighted by Gasteiger charge is -2.24. The lowest BCUT2D eigenvalue weighted by atomic mass is 9.96. The van der Waals surface area contributed by atoms with E-state index in [4.69, 9.17) is 9.47 Å². The van der Waals surface area contributed by atoms with E-state index in [9.17, 15) is 4.79 Å². The van der Waals surface area contributed by atoms with Gasteiger partial charge in [0.25, 0.3) is 5.91 Å². The van der Waals surface area contributed by atoms with Gasteiger partial charge >= 0.3 is 0 Å². The van der Waals surface area contributed by atoms with Crippen molar-refractivity contribution in [3.05, 3.63) is 36.0 Å². The predicted octanol–water partition coefficient (Wildman–Crippen LogP) is 4.12. The molecule has 0 bridgehead atoms. The lowest BCUT2D eigenvalue weighted by Crippen LogP contribution is -2.25. The van der Waals surface area contributed by atoms with Crippen LogP contribution in [0.3, 0.4) is 0 Å². The van der Waals surface area contributed by atoms with Crippen LogP contribution in [0.5, 0.6) is 11.5 Å². The van der Waals surface area contributed by atoms with Crippen molar-refractivity contribution in [1.82, 2.24) is 9.78 Å². The largest absolute Gasteiger partial charge is 0.483 e. The molecule has 4 rings (SSSR count). The summed E-state index contributed by atoms with van der Waals surface area (Å²) in [5.74, 6) is 1.92. The summed E-state index contributed by atoms with van der Waals surface area (Å²) < 4.78 is 13.7. The summed E-state index contributed by atoms with van der Waals surface area (Å²) in [7, 11) is 0. The summed E-state index contributed by atoms with van der Waals surface area (Å²) in [6.07, 6.45) is 8.53. The van der Waals surface area contributed by atoms with Crippen LogP contribution in [0.4, 0.5) is 5.82 Å². The predicted molar refractivity (Wildman–Crippen MR) is 103 cm³/mol. The first-order chi connectivity index (χ1) is 13.0. The van der Waals surface area contributed by atoms with Crippen LogP contribution in [0, 0.1) is 0 Å². The van der Waals surface area contributed by atoms with Crippen LogP contribution in [-0.4, -0.2) is 27.9 Å². The molecular formula is C21H27N3O3. The Balaban J connectivity index is 1.38. The van der Waals surface area contributed by atoms with Crippen LogP contribution in [0.1, 0.15) is 57.6 Å². The van der Waals surface area contributed by atoms with E-state index in [0.717, 1.165) is 36.4 Å². The van der Waals surface area contributed by atoms with Crippen LogP contribution in [0.2, 0.25) is 0 Å². The smallest absolute Gasteiger partial charge is 0.263 e. The van der Waals surface area contributed by atoms with E-state index in [2.05, 4.69) is 24.3 Å². The summed E-state index contributed by atoms with van der Waals surface area (Å²) >= 11 is 0. The number of amides is 1. The van der Waals surface area contributed by atoms with E-state index in [1.807, 2.05) is 28.9 Å². The minimum atomic E-state index is -0.240. The van der Waals surface area contributed by atoms with Gasteiger partial charge in [0.2, 0.25) is 0 Å². The van der Waals surface area contributed by atoms with E-state index in [0.29, 0.717) is 11.8 Å². The molecule has 1 aliphatic heterocycles. The molecule has 0 unspecified atom stereocenters. The highest BCUT2D eigenvalue weighted by atomic mass is 16.5. The van der Waals surface area contributed by atoms with Gasteiger partial charge in [-0.25, -0.2) is 4.68 Å². The number of para-hydroxylation sites is 1. The maximum atomic E-state index is 12.4. The molecule has 6 heteroatoms. The third-order valence-electron chi connectivity index (χ3n) is 5.27. The average molecular weight is 369 g/mol. The van der Waals surface area contributed by atoms with Gasteiger partial charge in [0.1, 0.15) is 11.4 Å². The Morgan fingerprint density at radius 1 is 1.30 bits per heavy atom. The first kappa shape index (κ1) is 17.9. The number of carbonyl (C=O) groups is 1. The molecule has 27 heavy (non-hydrogen) atoms. The van der Waals surface area contributed by atoms with Crippen molar-refractivity contribution in [1.29, 1.82) is 0 Å². The number of carbonyl (C=O) groups excluding carboxylic acids is 1. The molecule has 0 spiro atoms. The fourth-order valence-electron chi connectivity index (χ4n) is 4.05.